The molecule has 1 aromatic carbocycles. The monoisotopic (exact) mass is 248 g/mol. The van der Waals surface area contributed by atoms with Crippen molar-refractivity contribution in [1.29, 1.82) is 0 Å². The van der Waals surface area contributed by atoms with Gasteiger partial charge in [-0.25, -0.2) is 0 Å². The molecule has 2 nitrogen and oxygen atoms in total. The molecular formula is C16H28N2. The Labute approximate surface area is 112 Å². The van der Waals surface area contributed by atoms with Crippen LogP contribution in [0.15, 0.2) is 24.3 Å². The van der Waals surface area contributed by atoms with E-state index in [4.69, 9.17) is 5.73 Å². The van der Waals surface area contributed by atoms with Crippen LogP contribution in [0.1, 0.15) is 50.7 Å². The van der Waals surface area contributed by atoms with E-state index in [0.29, 0.717) is 6.04 Å². The molecule has 1 rings (SSSR count). The second-order valence-electron chi connectivity index (χ2n) is 5.13. The van der Waals surface area contributed by atoms with E-state index in [1.54, 1.807) is 0 Å². The summed E-state index contributed by atoms with van der Waals surface area (Å²) in [4.78, 5) is 0. The van der Waals surface area contributed by atoms with Crippen LogP contribution < -0.4 is 11.1 Å². The zero-order valence-corrected chi connectivity index (χ0v) is 11.9. The van der Waals surface area contributed by atoms with Gasteiger partial charge >= 0.3 is 0 Å². The first-order chi connectivity index (χ1) is 8.76. The summed E-state index contributed by atoms with van der Waals surface area (Å²) in [5.41, 5.74) is 8.23. The Morgan fingerprint density at radius 3 is 2.39 bits per heavy atom. The van der Waals surface area contributed by atoms with Gasteiger partial charge in [0.05, 0.1) is 0 Å². The zero-order valence-electron chi connectivity index (χ0n) is 11.9. The minimum absolute atomic E-state index is 0.611. The van der Waals surface area contributed by atoms with Crippen molar-refractivity contribution in [2.75, 3.05) is 6.54 Å². The summed E-state index contributed by atoms with van der Waals surface area (Å²) < 4.78 is 0. The number of unbranched alkanes of at least 4 members (excludes halogenated alkanes) is 2. The van der Waals surface area contributed by atoms with Crippen LogP contribution >= 0.6 is 0 Å². The highest BCUT2D eigenvalue weighted by Gasteiger charge is 2.01. The van der Waals surface area contributed by atoms with E-state index < -0.39 is 0 Å². The van der Waals surface area contributed by atoms with Gasteiger partial charge in [0.1, 0.15) is 0 Å². The van der Waals surface area contributed by atoms with Gasteiger partial charge < -0.3 is 11.1 Å². The number of hydrogen-bond donors (Lipinski definition) is 2. The average Bonchev–Trinajstić information content (AvgIpc) is 2.39. The van der Waals surface area contributed by atoms with Crippen LogP contribution in [-0.2, 0) is 13.0 Å². The molecule has 0 bridgehead atoms. The normalized spacial score (nSPS) is 12.6. The quantitative estimate of drug-likeness (QED) is 0.658. The van der Waals surface area contributed by atoms with Crippen LogP contribution in [0.25, 0.3) is 0 Å². The fraction of sp³-hybridized carbons (Fsp3) is 0.625. The lowest BCUT2D eigenvalue weighted by atomic mass is 10.1. The maximum absolute atomic E-state index is 5.54. The molecular weight excluding hydrogens is 220 g/mol. The molecule has 0 aliphatic rings. The van der Waals surface area contributed by atoms with Gasteiger partial charge in [0.2, 0.25) is 0 Å². The van der Waals surface area contributed by atoms with E-state index >= 15 is 0 Å². The third kappa shape index (κ3) is 6.18. The molecule has 1 atom stereocenters. The first-order valence-corrected chi connectivity index (χ1v) is 7.27. The van der Waals surface area contributed by atoms with Crippen molar-refractivity contribution in [3.05, 3.63) is 35.4 Å². The molecule has 0 radical (unpaired) electrons. The van der Waals surface area contributed by atoms with Gasteiger partial charge in [-0.05, 0) is 37.4 Å². The molecule has 1 unspecified atom stereocenters. The summed E-state index contributed by atoms with van der Waals surface area (Å²) in [5.74, 6) is 0. The van der Waals surface area contributed by atoms with Gasteiger partial charge in [-0.2, -0.15) is 0 Å². The van der Waals surface area contributed by atoms with Crippen molar-refractivity contribution in [2.45, 2.75) is 58.5 Å². The molecule has 2 heteroatoms. The van der Waals surface area contributed by atoms with Crippen LogP contribution in [0.2, 0.25) is 0 Å². The fourth-order valence-corrected chi connectivity index (χ4v) is 2.09. The zero-order chi connectivity index (χ0) is 13.2. The lowest BCUT2D eigenvalue weighted by Crippen LogP contribution is -2.25. The lowest BCUT2D eigenvalue weighted by Gasteiger charge is -2.13. The maximum Gasteiger partial charge on any atom is 0.0207 e. The first kappa shape index (κ1) is 15.2. The molecule has 0 aromatic heterocycles. The highest BCUT2D eigenvalue weighted by atomic mass is 14.9. The second kappa shape index (κ2) is 9.12. The van der Waals surface area contributed by atoms with E-state index in [1.807, 2.05) is 0 Å². The minimum Gasteiger partial charge on any atom is -0.330 e. The fourth-order valence-electron chi connectivity index (χ4n) is 2.09. The smallest absolute Gasteiger partial charge is 0.0207 e. The Bertz CT molecular complexity index is 305. The molecule has 3 N–H and O–H groups in total. The van der Waals surface area contributed by atoms with E-state index in [1.165, 1.54) is 36.8 Å². The first-order valence-electron chi connectivity index (χ1n) is 7.27. The number of benzene rings is 1. The van der Waals surface area contributed by atoms with Crippen molar-refractivity contribution >= 4 is 0 Å². The van der Waals surface area contributed by atoms with E-state index in [0.717, 1.165) is 19.5 Å². The van der Waals surface area contributed by atoms with Crippen molar-refractivity contribution < 1.29 is 0 Å². The van der Waals surface area contributed by atoms with Crippen LogP contribution in [0.5, 0.6) is 0 Å². The number of nitrogens with one attached hydrogen (secondary N) is 1. The van der Waals surface area contributed by atoms with Gasteiger partial charge in [0, 0.05) is 12.6 Å². The number of rotatable bonds is 9. The third-order valence-corrected chi connectivity index (χ3v) is 3.35. The van der Waals surface area contributed by atoms with E-state index in [-0.39, 0.29) is 0 Å². The maximum atomic E-state index is 5.54. The molecule has 102 valence electrons. The number of nitrogens with two attached hydrogens (primary N) is 1. The van der Waals surface area contributed by atoms with Crippen molar-refractivity contribution in [3.8, 4) is 0 Å². The summed E-state index contributed by atoms with van der Waals surface area (Å²) >= 11 is 0. The molecule has 1 aromatic rings. The highest BCUT2D eigenvalue weighted by molar-refractivity contribution is 5.22. The van der Waals surface area contributed by atoms with Crippen LogP contribution in [0.4, 0.5) is 0 Å². The second-order valence-corrected chi connectivity index (χ2v) is 5.13. The number of hydrogen-bond acceptors (Lipinski definition) is 2. The molecule has 0 spiro atoms. The van der Waals surface area contributed by atoms with Gasteiger partial charge in [0.15, 0.2) is 0 Å². The summed E-state index contributed by atoms with van der Waals surface area (Å²) in [6.45, 7) is 6.22. The molecule has 0 fully saturated rings. The average molecular weight is 248 g/mol. The summed E-state index contributed by atoms with van der Waals surface area (Å²) in [5, 5.41) is 3.58. The van der Waals surface area contributed by atoms with Gasteiger partial charge in [0.25, 0.3) is 0 Å². The third-order valence-electron chi connectivity index (χ3n) is 3.35. The van der Waals surface area contributed by atoms with Crippen LogP contribution in [0, 0.1) is 0 Å². The Morgan fingerprint density at radius 2 is 1.78 bits per heavy atom. The molecule has 18 heavy (non-hydrogen) atoms. The van der Waals surface area contributed by atoms with Gasteiger partial charge in [-0.1, -0.05) is 50.5 Å². The standard InChI is InChI=1S/C16H28N2/c1-3-4-5-6-14(2)18-13-16-9-7-15(8-10-16)11-12-17/h7-10,14,18H,3-6,11-13,17H2,1-2H3. The SMILES string of the molecule is CCCCCC(C)NCc1ccc(CCN)cc1. The molecule has 0 saturated heterocycles. The summed E-state index contributed by atoms with van der Waals surface area (Å²) in [6.07, 6.45) is 6.23. The van der Waals surface area contributed by atoms with Gasteiger partial charge in [-0.3, -0.25) is 0 Å². The topological polar surface area (TPSA) is 38.0 Å². The van der Waals surface area contributed by atoms with E-state index in [9.17, 15) is 0 Å². The Balaban J connectivity index is 2.25. The van der Waals surface area contributed by atoms with Crippen molar-refractivity contribution in [1.82, 2.24) is 5.32 Å². The molecule has 0 amide bonds. The Hall–Kier alpha value is -0.860. The Morgan fingerprint density at radius 1 is 1.11 bits per heavy atom. The van der Waals surface area contributed by atoms with Crippen molar-refractivity contribution in [2.24, 2.45) is 5.73 Å². The molecule has 0 aliphatic carbocycles. The predicted octanol–water partition coefficient (Wildman–Crippen LogP) is 3.25. The van der Waals surface area contributed by atoms with Crippen LogP contribution in [0.3, 0.4) is 0 Å². The lowest BCUT2D eigenvalue weighted by molar-refractivity contribution is 0.487. The molecule has 0 heterocycles. The summed E-state index contributed by atoms with van der Waals surface area (Å²) in [7, 11) is 0. The van der Waals surface area contributed by atoms with Gasteiger partial charge in [-0.15, -0.1) is 0 Å². The molecule has 0 saturated carbocycles. The highest BCUT2D eigenvalue weighted by Crippen LogP contribution is 2.07. The largest absolute Gasteiger partial charge is 0.330 e. The van der Waals surface area contributed by atoms with Crippen LogP contribution in [-0.4, -0.2) is 12.6 Å². The minimum atomic E-state index is 0.611. The summed E-state index contributed by atoms with van der Waals surface area (Å²) in [6, 6.07) is 9.39. The molecule has 0 aliphatic heterocycles. The predicted molar refractivity (Wildman–Crippen MR) is 79.6 cm³/mol. The van der Waals surface area contributed by atoms with E-state index in [2.05, 4.69) is 43.4 Å². The Kier molecular flexibility index (Phi) is 7.70. The van der Waals surface area contributed by atoms with Crippen molar-refractivity contribution in [3.63, 3.8) is 0 Å².